The fourth-order valence-electron chi connectivity index (χ4n) is 3.38. The number of hydrogen-bond donors (Lipinski definition) is 1. The first-order valence-electron chi connectivity index (χ1n) is 8.31. The number of rotatable bonds is 4. The lowest BCUT2D eigenvalue weighted by Gasteiger charge is -2.38. The Labute approximate surface area is 145 Å². The van der Waals surface area contributed by atoms with Gasteiger partial charge in [-0.1, -0.05) is 6.92 Å². The number of hydrogen-bond acceptors (Lipinski definition) is 5. The summed E-state index contributed by atoms with van der Waals surface area (Å²) in [4.78, 5) is 25.0. The molecular formula is C18H21N3O4. The van der Waals surface area contributed by atoms with Crippen molar-refractivity contribution < 1.29 is 14.1 Å². The van der Waals surface area contributed by atoms with Crippen molar-refractivity contribution in [3.63, 3.8) is 0 Å². The van der Waals surface area contributed by atoms with Gasteiger partial charge in [-0.05, 0) is 43.0 Å². The number of nitro benzene ring substituents is 1. The fourth-order valence-corrected chi connectivity index (χ4v) is 3.38. The molecule has 0 bridgehead atoms. The molecule has 0 spiro atoms. The van der Waals surface area contributed by atoms with Crippen LogP contribution in [0.4, 0.5) is 11.4 Å². The van der Waals surface area contributed by atoms with Crippen LogP contribution in [0.15, 0.2) is 41.0 Å². The molecule has 2 unspecified atom stereocenters. The van der Waals surface area contributed by atoms with E-state index in [9.17, 15) is 14.9 Å². The summed E-state index contributed by atoms with van der Waals surface area (Å²) in [6.07, 6.45) is 3.43. The predicted octanol–water partition coefficient (Wildman–Crippen LogP) is 3.53. The Morgan fingerprint density at radius 1 is 1.40 bits per heavy atom. The van der Waals surface area contributed by atoms with E-state index in [0.29, 0.717) is 18.2 Å². The van der Waals surface area contributed by atoms with E-state index in [1.165, 1.54) is 13.1 Å². The molecule has 1 saturated heterocycles. The maximum Gasteiger partial charge on any atom is 0.293 e. The van der Waals surface area contributed by atoms with E-state index in [0.717, 1.165) is 18.6 Å². The number of piperidine rings is 1. The third kappa shape index (κ3) is 3.35. The third-order valence-corrected chi connectivity index (χ3v) is 4.71. The van der Waals surface area contributed by atoms with Crippen molar-refractivity contribution in [3.8, 4) is 0 Å². The standard InChI is InChI=1S/C18H21N3O4/c1-12-7-8-20(16(10-12)17-4-3-9-25-17)14-6-5-13(18(22)19-2)11-15(14)21(23)24/h3-6,9,11-12,16H,7-8,10H2,1-2H3,(H,19,22). The molecule has 2 heterocycles. The Bertz CT molecular complexity index is 773. The van der Waals surface area contributed by atoms with Crippen molar-refractivity contribution in [2.24, 2.45) is 5.92 Å². The quantitative estimate of drug-likeness (QED) is 0.678. The Balaban J connectivity index is 2.03. The topological polar surface area (TPSA) is 88.6 Å². The average Bonchev–Trinajstić information content (AvgIpc) is 3.15. The lowest BCUT2D eigenvalue weighted by molar-refractivity contribution is -0.384. The van der Waals surface area contributed by atoms with Crippen LogP contribution in [-0.4, -0.2) is 24.4 Å². The minimum absolute atomic E-state index is 0.0525. The van der Waals surface area contributed by atoms with Gasteiger partial charge in [-0.15, -0.1) is 0 Å². The van der Waals surface area contributed by atoms with Gasteiger partial charge in [0, 0.05) is 25.2 Å². The minimum Gasteiger partial charge on any atom is -0.467 e. The first-order valence-corrected chi connectivity index (χ1v) is 8.31. The SMILES string of the molecule is CNC(=O)c1ccc(N2CCC(C)CC2c2ccco2)c([N+](=O)[O-])c1. The lowest BCUT2D eigenvalue weighted by Crippen LogP contribution is -2.36. The molecule has 1 N–H and O–H groups in total. The zero-order chi connectivity index (χ0) is 18.0. The number of carbonyl (C=O) groups is 1. The second-order valence-corrected chi connectivity index (χ2v) is 6.39. The molecule has 3 rings (SSSR count). The highest BCUT2D eigenvalue weighted by Crippen LogP contribution is 2.41. The molecule has 0 aliphatic carbocycles. The van der Waals surface area contributed by atoms with E-state index in [2.05, 4.69) is 12.2 Å². The molecule has 2 aromatic rings. The zero-order valence-corrected chi connectivity index (χ0v) is 14.3. The molecule has 1 aliphatic rings. The van der Waals surface area contributed by atoms with Crippen LogP contribution in [0.5, 0.6) is 0 Å². The van der Waals surface area contributed by atoms with Crippen LogP contribution in [0, 0.1) is 16.0 Å². The van der Waals surface area contributed by atoms with Crippen LogP contribution < -0.4 is 10.2 Å². The number of furan rings is 1. The van der Waals surface area contributed by atoms with Crippen LogP contribution in [0.25, 0.3) is 0 Å². The largest absolute Gasteiger partial charge is 0.467 e. The van der Waals surface area contributed by atoms with Gasteiger partial charge in [-0.2, -0.15) is 0 Å². The summed E-state index contributed by atoms with van der Waals surface area (Å²) in [5.74, 6) is 0.969. The highest BCUT2D eigenvalue weighted by Gasteiger charge is 2.33. The molecule has 7 nitrogen and oxygen atoms in total. The van der Waals surface area contributed by atoms with E-state index in [1.807, 2.05) is 17.0 Å². The monoisotopic (exact) mass is 343 g/mol. The van der Waals surface area contributed by atoms with Gasteiger partial charge >= 0.3 is 0 Å². The first-order chi connectivity index (χ1) is 12.0. The van der Waals surface area contributed by atoms with Gasteiger partial charge in [0.05, 0.1) is 17.2 Å². The summed E-state index contributed by atoms with van der Waals surface area (Å²) in [6.45, 7) is 2.88. The van der Waals surface area contributed by atoms with Crippen molar-refractivity contribution in [2.75, 3.05) is 18.5 Å². The number of nitro groups is 1. The van der Waals surface area contributed by atoms with Crippen molar-refractivity contribution in [3.05, 3.63) is 58.0 Å². The second kappa shape index (κ2) is 6.96. The lowest BCUT2D eigenvalue weighted by atomic mass is 9.90. The van der Waals surface area contributed by atoms with Crippen molar-refractivity contribution in [1.82, 2.24) is 5.32 Å². The maximum absolute atomic E-state index is 11.8. The van der Waals surface area contributed by atoms with Crippen LogP contribution >= 0.6 is 0 Å². The summed E-state index contributed by atoms with van der Waals surface area (Å²) in [6, 6.07) is 8.30. The summed E-state index contributed by atoms with van der Waals surface area (Å²) in [5, 5.41) is 14.1. The number of benzene rings is 1. The smallest absolute Gasteiger partial charge is 0.293 e. The van der Waals surface area contributed by atoms with E-state index >= 15 is 0 Å². The number of nitrogens with one attached hydrogen (secondary N) is 1. The summed E-state index contributed by atoms with van der Waals surface area (Å²) >= 11 is 0. The van der Waals surface area contributed by atoms with Gasteiger partial charge in [0.2, 0.25) is 0 Å². The summed E-state index contributed by atoms with van der Waals surface area (Å²) in [5.41, 5.74) is 0.732. The molecule has 0 radical (unpaired) electrons. The molecule has 25 heavy (non-hydrogen) atoms. The average molecular weight is 343 g/mol. The second-order valence-electron chi connectivity index (χ2n) is 6.39. The molecule has 132 valence electrons. The first kappa shape index (κ1) is 17.0. The molecular weight excluding hydrogens is 322 g/mol. The van der Waals surface area contributed by atoms with Crippen molar-refractivity contribution in [1.29, 1.82) is 0 Å². The Hall–Kier alpha value is -2.83. The summed E-state index contributed by atoms with van der Waals surface area (Å²) in [7, 11) is 1.50. The normalized spacial score (nSPS) is 20.3. The summed E-state index contributed by atoms with van der Waals surface area (Å²) < 4.78 is 5.58. The van der Waals surface area contributed by atoms with Gasteiger partial charge in [0.25, 0.3) is 11.6 Å². The van der Waals surface area contributed by atoms with Crippen molar-refractivity contribution in [2.45, 2.75) is 25.8 Å². The third-order valence-electron chi connectivity index (χ3n) is 4.71. The fraction of sp³-hybridized carbons (Fsp3) is 0.389. The molecule has 7 heteroatoms. The Morgan fingerprint density at radius 3 is 2.84 bits per heavy atom. The van der Waals surface area contributed by atoms with Crippen molar-refractivity contribution >= 4 is 17.3 Å². The number of amides is 1. The van der Waals surface area contributed by atoms with E-state index in [1.54, 1.807) is 18.4 Å². The Morgan fingerprint density at radius 2 is 2.20 bits per heavy atom. The van der Waals surface area contributed by atoms with Gasteiger partial charge in [-0.3, -0.25) is 14.9 Å². The number of carbonyl (C=O) groups excluding carboxylic acids is 1. The van der Waals surface area contributed by atoms with Crippen LogP contribution in [0.1, 0.15) is 41.9 Å². The Kier molecular flexibility index (Phi) is 4.74. The van der Waals surface area contributed by atoms with E-state index < -0.39 is 4.92 Å². The molecule has 1 aromatic heterocycles. The zero-order valence-electron chi connectivity index (χ0n) is 14.3. The molecule has 1 fully saturated rings. The van der Waals surface area contributed by atoms with Crippen LogP contribution in [0.2, 0.25) is 0 Å². The number of nitrogens with zero attached hydrogens (tertiary/aromatic N) is 2. The molecule has 2 atom stereocenters. The minimum atomic E-state index is -0.432. The molecule has 1 aliphatic heterocycles. The number of anilines is 1. The van der Waals surface area contributed by atoms with Crippen LogP contribution in [0.3, 0.4) is 0 Å². The highest BCUT2D eigenvalue weighted by atomic mass is 16.6. The van der Waals surface area contributed by atoms with Gasteiger partial charge in [0.1, 0.15) is 11.4 Å². The predicted molar refractivity (Wildman–Crippen MR) is 93.7 cm³/mol. The van der Waals surface area contributed by atoms with Gasteiger partial charge in [0.15, 0.2) is 0 Å². The van der Waals surface area contributed by atoms with Gasteiger partial charge in [-0.25, -0.2) is 0 Å². The highest BCUT2D eigenvalue weighted by molar-refractivity contribution is 5.95. The van der Waals surface area contributed by atoms with E-state index in [4.69, 9.17) is 4.42 Å². The van der Waals surface area contributed by atoms with Crippen LogP contribution in [-0.2, 0) is 0 Å². The maximum atomic E-state index is 11.8. The molecule has 0 saturated carbocycles. The molecule has 1 amide bonds. The van der Waals surface area contributed by atoms with Gasteiger partial charge < -0.3 is 14.6 Å². The van der Waals surface area contributed by atoms with E-state index in [-0.39, 0.29) is 23.2 Å². The molecule has 1 aromatic carbocycles.